The lowest BCUT2D eigenvalue weighted by atomic mass is 11.2. The van der Waals surface area contributed by atoms with Gasteiger partial charge in [0.25, 0.3) is 0 Å². The van der Waals surface area contributed by atoms with Gasteiger partial charge < -0.3 is 14.6 Å². The molecule has 0 heterocycles. The summed E-state index contributed by atoms with van der Waals surface area (Å²) >= 11 is 0. The van der Waals surface area contributed by atoms with E-state index >= 15 is 0 Å². The molecule has 8 heavy (non-hydrogen) atoms. The minimum atomic E-state index is -0.963. The van der Waals surface area contributed by atoms with E-state index in [0.717, 1.165) is 0 Å². The molecule has 0 aromatic carbocycles. The monoisotopic (exact) mass is 121 g/mol. The second-order valence-electron chi connectivity index (χ2n) is 0.834. The fourth-order valence-electron chi connectivity index (χ4n) is 0.162. The average Bonchev–Trinajstić information content (AvgIpc) is 1.68. The molecule has 0 aliphatic carbocycles. The largest absolute Gasteiger partial charge is 0.511 e. The molecule has 0 aromatic rings. The van der Waals surface area contributed by atoms with Crippen LogP contribution in [0.1, 0.15) is 0 Å². The van der Waals surface area contributed by atoms with Crippen molar-refractivity contribution in [1.29, 1.82) is 0 Å². The van der Waals surface area contributed by atoms with Crippen LogP contribution in [0.15, 0.2) is 0 Å². The molecular weight excluding hydrogens is 114 g/mol. The predicted octanol–water partition coefficient (Wildman–Crippen LogP) is -0.994. The zero-order chi connectivity index (χ0) is 6.41. The van der Waals surface area contributed by atoms with E-state index in [0.29, 0.717) is 0 Å². The molecule has 0 aliphatic rings. The number of ether oxygens (including phenoxy) is 2. The van der Waals surface area contributed by atoms with Crippen LogP contribution in [0, 0.1) is 0 Å². The van der Waals surface area contributed by atoms with Gasteiger partial charge >= 0.3 is 6.16 Å². The molecule has 48 valence electrons. The molecule has 0 rings (SSSR count). The topological polar surface area (TPSA) is 81.8 Å². The molecule has 0 saturated heterocycles. The van der Waals surface area contributed by atoms with Crippen molar-refractivity contribution in [2.75, 3.05) is 13.5 Å². The van der Waals surface area contributed by atoms with Crippen molar-refractivity contribution in [2.24, 2.45) is 5.73 Å². The summed E-state index contributed by atoms with van der Waals surface area (Å²) in [6.07, 6.45) is -0.963. The van der Waals surface area contributed by atoms with Crippen molar-refractivity contribution in [3.8, 4) is 0 Å². The molecule has 0 aliphatic heterocycles. The molecule has 0 atom stereocenters. The molecule has 0 aromatic heterocycles. The van der Waals surface area contributed by atoms with Gasteiger partial charge in [-0.3, -0.25) is 5.73 Å². The first-order valence-corrected chi connectivity index (χ1v) is 1.91. The van der Waals surface area contributed by atoms with Gasteiger partial charge in [0.1, 0.15) is 6.73 Å². The van der Waals surface area contributed by atoms with E-state index in [1.54, 1.807) is 0 Å². The third-order valence-electron chi connectivity index (χ3n) is 0.384. The van der Waals surface area contributed by atoms with Crippen LogP contribution in [0.4, 0.5) is 4.79 Å². The van der Waals surface area contributed by atoms with Gasteiger partial charge in [-0.1, -0.05) is 0 Å². The molecule has 0 spiro atoms. The van der Waals surface area contributed by atoms with Crippen molar-refractivity contribution >= 4 is 6.16 Å². The summed E-state index contributed by atoms with van der Waals surface area (Å²) in [4.78, 5) is 9.96. The number of carbonyl (C=O) groups is 1. The Balaban J connectivity index is 3.06. The summed E-state index contributed by atoms with van der Waals surface area (Å²) in [5.74, 6) is 0. The van der Waals surface area contributed by atoms with E-state index in [2.05, 4.69) is 9.47 Å². The first-order chi connectivity index (χ1) is 3.81. The number of hydrogen-bond acceptors (Lipinski definition) is 5. The summed E-state index contributed by atoms with van der Waals surface area (Å²) in [5.41, 5.74) is 4.76. The van der Waals surface area contributed by atoms with Crippen LogP contribution in [0.25, 0.3) is 0 Å². The molecule has 3 N–H and O–H groups in total. The van der Waals surface area contributed by atoms with E-state index in [1.165, 1.54) is 0 Å². The number of aliphatic hydroxyl groups excluding tert-OH is 1. The second-order valence-corrected chi connectivity index (χ2v) is 0.834. The fourth-order valence-corrected chi connectivity index (χ4v) is 0.162. The molecule has 5 heteroatoms. The lowest BCUT2D eigenvalue weighted by Crippen LogP contribution is -2.13. The van der Waals surface area contributed by atoms with Crippen LogP contribution in [0.2, 0.25) is 0 Å². The van der Waals surface area contributed by atoms with Gasteiger partial charge in [0, 0.05) is 0 Å². The predicted molar refractivity (Wildman–Crippen MR) is 23.7 cm³/mol. The smallest absolute Gasteiger partial charge is 0.419 e. The van der Waals surface area contributed by atoms with E-state index in [9.17, 15) is 4.79 Å². The molecule has 5 nitrogen and oxygen atoms in total. The molecule has 0 fully saturated rings. The Morgan fingerprint density at radius 1 is 1.62 bits per heavy atom. The summed E-state index contributed by atoms with van der Waals surface area (Å²) in [6, 6.07) is 0. The Kier molecular flexibility index (Phi) is 3.91. The number of nitrogens with two attached hydrogens (primary N) is 1. The lowest BCUT2D eigenvalue weighted by molar-refractivity contribution is -0.00460. The van der Waals surface area contributed by atoms with E-state index in [-0.39, 0.29) is 6.73 Å². The third-order valence-corrected chi connectivity index (χ3v) is 0.384. The fraction of sp³-hybridized carbons (Fsp3) is 0.667. The number of hydrogen-bond donors (Lipinski definition) is 2. The zero-order valence-corrected chi connectivity index (χ0v) is 4.16. The first kappa shape index (κ1) is 7.19. The third kappa shape index (κ3) is 3.38. The minimum Gasteiger partial charge on any atom is -0.419 e. The van der Waals surface area contributed by atoms with Crippen molar-refractivity contribution in [2.45, 2.75) is 0 Å². The van der Waals surface area contributed by atoms with Gasteiger partial charge in [-0.2, -0.15) is 0 Å². The van der Waals surface area contributed by atoms with Crippen LogP contribution >= 0.6 is 0 Å². The van der Waals surface area contributed by atoms with E-state index in [1.807, 2.05) is 0 Å². The molecular formula is C3H7NO4. The summed E-state index contributed by atoms with van der Waals surface area (Å²) < 4.78 is 7.94. The van der Waals surface area contributed by atoms with Crippen LogP contribution in [0.5, 0.6) is 0 Å². The van der Waals surface area contributed by atoms with E-state index < -0.39 is 12.9 Å². The minimum absolute atomic E-state index is 0.237. The average molecular weight is 121 g/mol. The van der Waals surface area contributed by atoms with Gasteiger partial charge in [0.05, 0.1) is 0 Å². The normalized spacial score (nSPS) is 8.25. The Labute approximate surface area is 46.0 Å². The van der Waals surface area contributed by atoms with Crippen molar-refractivity contribution in [3.63, 3.8) is 0 Å². The molecule has 0 amide bonds. The number of carbonyl (C=O) groups excluding carboxylic acids is 1. The summed E-state index contributed by atoms with van der Waals surface area (Å²) in [7, 11) is 0. The van der Waals surface area contributed by atoms with Gasteiger partial charge in [-0.25, -0.2) is 4.79 Å². The highest BCUT2D eigenvalue weighted by Gasteiger charge is 1.97. The van der Waals surface area contributed by atoms with E-state index in [4.69, 9.17) is 10.8 Å². The Hall–Kier alpha value is -0.810. The zero-order valence-electron chi connectivity index (χ0n) is 4.16. The SMILES string of the molecule is NCOC(=O)OCO. The molecule has 0 bridgehead atoms. The highest BCUT2D eigenvalue weighted by Crippen LogP contribution is 1.78. The van der Waals surface area contributed by atoms with Crippen molar-refractivity contribution in [3.05, 3.63) is 0 Å². The maximum atomic E-state index is 9.96. The second kappa shape index (κ2) is 4.35. The summed E-state index contributed by atoms with van der Waals surface area (Å²) in [6.45, 7) is -0.919. The maximum absolute atomic E-state index is 9.96. The van der Waals surface area contributed by atoms with Crippen LogP contribution < -0.4 is 5.73 Å². The Morgan fingerprint density at radius 2 is 2.25 bits per heavy atom. The first-order valence-electron chi connectivity index (χ1n) is 1.91. The van der Waals surface area contributed by atoms with Crippen LogP contribution in [-0.4, -0.2) is 24.8 Å². The molecule has 0 radical (unpaired) electrons. The standard InChI is InChI=1S/C3H7NO4/c4-1-7-3(6)8-2-5/h5H,1-2,4H2. The highest BCUT2D eigenvalue weighted by molar-refractivity contribution is 5.59. The summed E-state index contributed by atoms with van der Waals surface area (Å²) in [5, 5.41) is 7.90. The Bertz CT molecular complexity index is 65.7. The van der Waals surface area contributed by atoms with Crippen LogP contribution in [0.3, 0.4) is 0 Å². The quantitative estimate of drug-likeness (QED) is 0.362. The maximum Gasteiger partial charge on any atom is 0.511 e. The molecule has 0 unspecified atom stereocenters. The van der Waals surface area contributed by atoms with Gasteiger partial charge in [-0.05, 0) is 0 Å². The number of rotatable bonds is 2. The highest BCUT2D eigenvalue weighted by atomic mass is 16.8. The van der Waals surface area contributed by atoms with Crippen LogP contribution in [-0.2, 0) is 9.47 Å². The Morgan fingerprint density at radius 3 is 2.62 bits per heavy atom. The lowest BCUT2D eigenvalue weighted by Gasteiger charge is -1.97. The van der Waals surface area contributed by atoms with Gasteiger partial charge in [0.2, 0.25) is 0 Å². The number of aliphatic hydroxyl groups is 1. The molecule has 0 saturated carbocycles. The van der Waals surface area contributed by atoms with Gasteiger partial charge in [0.15, 0.2) is 6.79 Å². The van der Waals surface area contributed by atoms with Crippen molar-refractivity contribution in [1.82, 2.24) is 0 Å². The van der Waals surface area contributed by atoms with Crippen molar-refractivity contribution < 1.29 is 19.4 Å². The van der Waals surface area contributed by atoms with Gasteiger partial charge in [-0.15, -0.1) is 0 Å².